The number of carbonyl (C=O) groups is 2. The van der Waals surface area contributed by atoms with Crippen LogP contribution >= 0.6 is 0 Å². The van der Waals surface area contributed by atoms with Gasteiger partial charge < -0.3 is 20.5 Å². The summed E-state index contributed by atoms with van der Waals surface area (Å²) in [5, 5.41) is 17.1. The van der Waals surface area contributed by atoms with E-state index in [1.807, 2.05) is 56.3 Å². The van der Waals surface area contributed by atoms with Crippen molar-refractivity contribution in [2.75, 3.05) is 13.7 Å². The van der Waals surface area contributed by atoms with E-state index in [0.717, 1.165) is 22.8 Å². The van der Waals surface area contributed by atoms with Gasteiger partial charge in [-0.3, -0.25) is 9.59 Å². The Hall–Kier alpha value is -4.40. The minimum atomic E-state index is -1.11. The number of hydrogen-bond acceptors (Lipinski definition) is 5. The lowest BCUT2D eigenvalue weighted by Gasteiger charge is -2.25. The van der Waals surface area contributed by atoms with Crippen molar-refractivity contribution in [1.29, 1.82) is 0 Å². The zero-order valence-corrected chi connectivity index (χ0v) is 24.7. The number of ether oxygens (including phenoxy) is 1. The fourth-order valence-corrected chi connectivity index (χ4v) is 4.99. The molecule has 1 amide bonds. The molecule has 0 saturated carbocycles. The Morgan fingerprint density at radius 3 is 2.28 bits per heavy atom. The van der Waals surface area contributed by atoms with Crippen LogP contribution in [-0.2, 0) is 13.0 Å². The topological polar surface area (TPSA) is 87.7 Å². The van der Waals surface area contributed by atoms with Crippen molar-refractivity contribution in [3.8, 4) is 5.75 Å². The van der Waals surface area contributed by atoms with Crippen molar-refractivity contribution in [3.05, 3.63) is 135 Å². The molecular formula is C35H36F2N2O4. The quantitative estimate of drug-likeness (QED) is 0.188. The first-order valence-corrected chi connectivity index (χ1v) is 14.0. The zero-order valence-electron chi connectivity index (χ0n) is 24.7. The van der Waals surface area contributed by atoms with E-state index >= 15 is 0 Å². The number of methoxy groups -OCH3 is 1. The van der Waals surface area contributed by atoms with Crippen molar-refractivity contribution in [2.24, 2.45) is 0 Å². The van der Waals surface area contributed by atoms with Gasteiger partial charge in [-0.1, -0.05) is 29.8 Å². The third kappa shape index (κ3) is 8.56. The smallest absolute Gasteiger partial charge is 0.251 e. The lowest BCUT2D eigenvalue weighted by molar-refractivity contribution is 0.0829. The molecule has 2 atom stereocenters. The highest BCUT2D eigenvalue weighted by molar-refractivity contribution is 6.11. The first kappa shape index (κ1) is 31.5. The second kappa shape index (κ2) is 14.2. The maximum Gasteiger partial charge on any atom is 0.251 e. The number of hydrogen-bond donors (Lipinski definition) is 3. The van der Waals surface area contributed by atoms with Crippen LogP contribution in [0.4, 0.5) is 8.78 Å². The van der Waals surface area contributed by atoms with Crippen LogP contribution in [0, 0.1) is 32.4 Å². The van der Waals surface area contributed by atoms with Gasteiger partial charge in [0.2, 0.25) is 0 Å². The summed E-state index contributed by atoms with van der Waals surface area (Å²) in [6.07, 6.45) is -1.13. The van der Waals surface area contributed by atoms with Gasteiger partial charge in [-0.15, -0.1) is 0 Å². The minimum absolute atomic E-state index is 0.0253. The second-order valence-corrected chi connectivity index (χ2v) is 10.8. The number of halogens is 2. The molecule has 3 N–H and O–H groups in total. The molecule has 0 bridgehead atoms. The molecule has 8 heteroatoms. The molecule has 0 saturated heterocycles. The summed E-state index contributed by atoms with van der Waals surface area (Å²) in [5.41, 5.74) is 4.86. The highest BCUT2D eigenvalue weighted by Crippen LogP contribution is 2.20. The standard InChI is InChI=1S/C35H36F2N2O4/c1-21-8-9-23(3)31(12-21)34(41)26-10-22(2)11-27(17-26)35(42)39-32(16-25-13-28(36)18-29(37)14-25)33(40)20-38-19-24-6-5-7-30(15-24)43-4/h5-15,17-18,32-33,38,40H,16,19-20H2,1-4H3,(H,39,42)/t32-,33-/m0/s1. The summed E-state index contributed by atoms with van der Waals surface area (Å²) < 4.78 is 33.2. The Morgan fingerprint density at radius 1 is 0.837 bits per heavy atom. The molecule has 6 nitrogen and oxygen atoms in total. The lowest BCUT2D eigenvalue weighted by atomic mass is 9.94. The Kier molecular flexibility index (Phi) is 10.4. The Balaban J connectivity index is 1.55. The van der Waals surface area contributed by atoms with Crippen molar-refractivity contribution < 1.29 is 28.2 Å². The zero-order chi connectivity index (χ0) is 31.1. The van der Waals surface area contributed by atoms with Gasteiger partial charge in [0.05, 0.1) is 19.3 Å². The average molecular weight is 587 g/mol. The SMILES string of the molecule is COc1cccc(CNC[C@H](O)[C@H](Cc2cc(F)cc(F)c2)NC(=O)c2cc(C)cc(C(=O)c3cc(C)ccc3C)c2)c1. The van der Waals surface area contributed by atoms with Crippen molar-refractivity contribution >= 4 is 11.7 Å². The molecule has 0 radical (unpaired) electrons. The van der Waals surface area contributed by atoms with Gasteiger partial charge in [-0.25, -0.2) is 8.78 Å². The highest BCUT2D eigenvalue weighted by atomic mass is 19.1. The van der Waals surface area contributed by atoms with E-state index in [0.29, 0.717) is 29.0 Å². The molecule has 0 heterocycles. The lowest BCUT2D eigenvalue weighted by Crippen LogP contribution is -2.48. The van der Waals surface area contributed by atoms with E-state index in [2.05, 4.69) is 10.6 Å². The van der Waals surface area contributed by atoms with Crippen molar-refractivity contribution in [1.82, 2.24) is 10.6 Å². The van der Waals surface area contributed by atoms with Gasteiger partial charge in [0.15, 0.2) is 5.78 Å². The van der Waals surface area contributed by atoms with Crippen LogP contribution in [0.5, 0.6) is 5.75 Å². The summed E-state index contributed by atoms with van der Waals surface area (Å²) >= 11 is 0. The van der Waals surface area contributed by atoms with Crippen LogP contribution in [0.2, 0.25) is 0 Å². The van der Waals surface area contributed by atoms with Crippen LogP contribution in [0.25, 0.3) is 0 Å². The molecule has 0 unspecified atom stereocenters. The first-order chi connectivity index (χ1) is 20.5. The summed E-state index contributed by atoms with van der Waals surface area (Å²) in [7, 11) is 1.58. The van der Waals surface area contributed by atoms with Gasteiger partial charge in [0.25, 0.3) is 5.91 Å². The van der Waals surface area contributed by atoms with Gasteiger partial charge in [-0.2, -0.15) is 0 Å². The molecule has 0 aliphatic rings. The van der Waals surface area contributed by atoms with Gasteiger partial charge in [0.1, 0.15) is 17.4 Å². The maximum absolute atomic E-state index is 14.0. The van der Waals surface area contributed by atoms with E-state index in [1.54, 1.807) is 26.2 Å². The molecule has 224 valence electrons. The number of aliphatic hydroxyl groups excluding tert-OH is 1. The van der Waals surface area contributed by atoms with Crippen LogP contribution in [0.3, 0.4) is 0 Å². The first-order valence-electron chi connectivity index (χ1n) is 14.0. The minimum Gasteiger partial charge on any atom is -0.497 e. The predicted octanol–water partition coefficient (Wildman–Crippen LogP) is 5.62. The van der Waals surface area contributed by atoms with E-state index in [-0.39, 0.29) is 29.9 Å². The summed E-state index contributed by atoms with van der Waals surface area (Å²) in [6, 6.07) is 20.2. The largest absolute Gasteiger partial charge is 0.497 e. The third-order valence-electron chi connectivity index (χ3n) is 7.22. The fraction of sp³-hybridized carbons (Fsp3) is 0.257. The summed E-state index contributed by atoms with van der Waals surface area (Å²) in [6.45, 7) is 6.07. The number of amides is 1. The van der Waals surface area contributed by atoms with Gasteiger partial charge in [0, 0.05) is 35.8 Å². The summed E-state index contributed by atoms with van der Waals surface area (Å²) in [5.74, 6) is -1.52. The molecule has 0 spiro atoms. The summed E-state index contributed by atoms with van der Waals surface area (Å²) in [4.78, 5) is 26.9. The maximum atomic E-state index is 14.0. The Bertz CT molecular complexity index is 1600. The molecular weight excluding hydrogens is 550 g/mol. The molecule has 43 heavy (non-hydrogen) atoms. The van der Waals surface area contributed by atoms with Crippen LogP contribution in [-0.4, -0.2) is 42.6 Å². The van der Waals surface area contributed by atoms with E-state index in [4.69, 9.17) is 4.74 Å². The number of rotatable bonds is 12. The van der Waals surface area contributed by atoms with Gasteiger partial charge in [-0.05, 0) is 98.0 Å². The van der Waals surface area contributed by atoms with E-state index < -0.39 is 29.7 Å². The number of nitrogens with one attached hydrogen (secondary N) is 2. The number of benzene rings is 4. The van der Waals surface area contributed by atoms with Crippen molar-refractivity contribution in [2.45, 2.75) is 45.9 Å². The monoisotopic (exact) mass is 586 g/mol. The predicted molar refractivity (Wildman–Crippen MR) is 163 cm³/mol. The van der Waals surface area contributed by atoms with Gasteiger partial charge >= 0.3 is 0 Å². The number of carbonyl (C=O) groups excluding carboxylic acids is 2. The Morgan fingerprint density at radius 2 is 1.56 bits per heavy atom. The number of ketones is 1. The Labute approximate surface area is 250 Å². The fourth-order valence-electron chi connectivity index (χ4n) is 4.99. The molecule has 0 aliphatic carbocycles. The normalized spacial score (nSPS) is 12.4. The molecule has 0 fully saturated rings. The van der Waals surface area contributed by atoms with Crippen molar-refractivity contribution in [3.63, 3.8) is 0 Å². The van der Waals surface area contributed by atoms with Crippen LogP contribution < -0.4 is 15.4 Å². The van der Waals surface area contributed by atoms with E-state index in [9.17, 15) is 23.5 Å². The molecule has 0 aromatic heterocycles. The molecule has 4 aromatic carbocycles. The third-order valence-corrected chi connectivity index (χ3v) is 7.22. The van der Waals surface area contributed by atoms with Crippen LogP contribution in [0.1, 0.15) is 54.1 Å². The molecule has 4 aromatic rings. The highest BCUT2D eigenvalue weighted by Gasteiger charge is 2.24. The average Bonchev–Trinajstić information content (AvgIpc) is 2.96. The number of aliphatic hydroxyl groups is 1. The second-order valence-electron chi connectivity index (χ2n) is 10.8. The van der Waals surface area contributed by atoms with Crippen LogP contribution in [0.15, 0.2) is 78.9 Å². The van der Waals surface area contributed by atoms with E-state index in [1.165, 1.54) is 18.2 Å². The molecule has 4 rings (SSSR count). The molecule has 0 aliphatic heterocycles. The number of aryl methyl sites for hydroxylation is 3.